The van der Waals surface area contributed by atoms with Crippen molar-refractivity contribution in [3.63, 3.8) is 0 Å². The number of carbonyl (C=O) groups excluding carboxylic acids is 2. The van der Waals surface area contributed by atoms with Crippen molar-refractivity contribution in [2.75, 3.05) is 6.54 Å². The van der Waals surface area contributed by atoms with E-state index < -0.39 is 6.04 Å². The lowest BCUT2D eigenvalue weighted by molar-refractivity contribution is -0.116. The fraction of sp³-hybridized carbons (Fsp3) is 0.241. The van der Waals surface area contributed by atoms with E-state index in [1.54, 1.807) is 6.92 Å². The van der Waals surface area contributed by atoms with Crippen molar-refractivity contribution in [1.82, 2.24) is 10.3 Å². The predicted octanol–water partition coefficient (Wildman–Crippen LogP) is 5.75. The molecule has 0 aliphatic rings. The Bertz CT molecular complexity index is 1240. The van der Waals surface area contributed by atoms with Crippen LogP contribution in [0, 0.1) is 6.92 Å². The number of Topliss-reactive ketones (excluding diaryl/α,β-unsaturated/α-hetero) is 2. The number of benzene rings is 3. The molecule has 168 valence electrons. The van der Waals surface area contributed by atoms with Gasteiger partial charge in [0.2, 0.25) is 0 Å². The quantitative estimate of drug-likeness (QED) is 0.310. The van der Waals surface area contributed by atoms with Gasteiger partial charge < -0.3 is 15.1 Å². The predicted molar refractivity (Wildman–Crippen MR) is 134 cm³/mol. The number of rotatable bonds is 10. The normalized spacial score (nSPS) is 12.1. The molecule has 0 saturated heterocycles. The molecular formula is C29H30N2O2. The Kier molecular flexibility index (Phi) is 7.16. The molecule has 0 radical (unpaired) electrons. The summed E-state index contributed by atoms with van der Waals surface area (Å²) in [6.45, 7) is 4.38. The summed E-state index contributed by atoms with van der Waals surface area (Å²) in [4.78, 5) is 28.5. The first-order chi connectivity index (χ1) is 16.0. The molecule has 0 aliphatic carbocycles. The molecule has 0 fully saturated rings. The molecule has 4 heteroatoms. The number of nitrogens with one attached hydrogen (secondary N) is 2. The summed E-state index contributed by atoms with van der Waals surface area (Å²) in [6.07, 6.45) is 3.81. The number of aromatic amines is 1. The summed E-state index contributed by atoms with van der Waals surface area (Å²) in [6, 6.07) is 23.9. The van der Waals surface area contributed by atoms with Gasteiger partial charge in [0, 0.05) is 35.6 Å². The summed E-state index contributed by atoms with van der Waals surface area (Å²) in [5.41, 5.74) is 6.11. The number of ketones is 2. The Morgan fingerprint density at radius 2 is 1.67 bits per heavy atom. The summed E-state index contributed by atoms with van der Waals surface area (Å²) < 4.78 is 0. The van der Waals surface area contributed by atoms with Gasteiger partial charge in [-0.25, -0.2) is 0 Å². The van der Waals surface area contributed by atoms with Crippen molar-refractivity contribution < 1.29 is 9.59 Å². The number of fused-ring (bicyclic) bond motifs is 1. The Labute approximate surface area is 195 Å². The maximum absolute atomic E-state index is 13.7. The minimum Gasteiger partial charge on any atom is -0.360 e. The molecule has 0 unspecified atom stereocenters. The lowest BCUT2D eigenvalue weighted by Gasteiger charge is -2.18. The minimum absolute atomic E-state index is 0.0417. The fourth-order valence-electron chi connectivity index (χ4n) is 4.22. The molecule has 0 amide bonds. The van der Waals surface area contributed by atoms with Gasteiger partial charge in [0.15, 0.2) is 5.78 Å². The van der Waals surface area contributed by atoms with Gasteiger partial charge >= 0.3 is 0 Å². The van der Waals surface area contributed by atoms with E-state index in [2.05, 4.69) is 41.5 Å². The van der Waals surface area contributed by atoms with E-state index in [1.807, 2.05) is 54.7 Å². The average Bonchev–Trinajstić information content (AvgIpc) is 3.27. The molecule has 1 heterocycles. The topological polar surface area (TPSA) is 62.0 Å². The van der Waals surface area contributed by atoms with Gasteiger partial charge in [-0.2, -0.15) is 0 Å². The van der Waals surface area contributed by atoms with E-state index in [4.69, 9.17) is 0 Å². The summed E-state index contributed by atoms with van der Waals surface area (Å²) >= 11 is 0. The molecule has 4 rings (SSSR count). The molecule has 0 bridgehead atoms. The van der Waals surface area contributed by atoms with Gasteiger partial charge in [-0.15, -0.1) is 0 Å². The van der Waals surface area contributed by atoms with Crippen LogP contribution in [-0.2, 0) is 17.6 Å². The van der Waals surface area contributed by atoms with Crippen LogP contribution in [0.4, 0.5) is 0 Å². The highest BCUT2D eigenvalue weighted by Gasteiger charge is 2.24. The standard InChI is InChI=1S/C29H30N2O2/c1-20-11-14-22(15-12-20)17-18-30-28(23-7-4-3-5-8-23)29(33)26-19-31-27-24(16-13-21(2)32)9-6-10-25(26)27/h3-12,14-15,19,28,30-31H,13,16-18H2,1-2H3/t28-/m0/s1. The summed E-state index contributed by atoms with van der Waals surface area (Å²) in [5.74, 6) is 0.205. The lowest BCUT2D eigenvalue weighted by atomic mass is 9.95. The highest BCUT2D eigenvalue weighted by atomic mass is 16.1. The van der Waals surface area contributed by atoms with E-state index in [0.29, 0.717) is 24.9 Å². The molecule has 2 N–H and O–H groups in total. The van der Waals surface area contributed by atoms with Crippen molar-refractivity contribution in [1.29, 1.82) is 0 Å². The first-order valence-corrected chi connectivity index (χ1v) is 11.5. The zero-order chi connectivity index (χ0) is 23.2. The SMILES string of the molecule is CC(=O)CCc1cccc2c(C(=O)[C@@H](NCCc3ccc(C)cc3)c3ccccc3)c[nH]c12. The van der Waals surface area contributed by atoms with E-state index in [-0.39, 0.29) is 11.6 Å². The Morgan fingerprint density at radius 3 is 2.39 bits per heavy atom. The second-order valence-electron chi connectivity index (χ2n) is 8.64. The van der Waals surface area contributed by atoms with Crippen LogP contribution in [0.25, 0.3) is 10.9 Å². The van der Waals surface area contributed by atoms with Crippen LogP contribution in [0.3, 0.4) is 0 Å². The van der Waals surface area contributed by atoms with Gasteiger partial charge in [-0.1, -0.05) is 78.4 Å². The van der Waals surface area contributed by atoms with Crippen LogP contribution in [0.1, 0.15) is 52.0 Å². The monoisotopic (exact) mass is 438 g/mol. The lowest BCUT2D eigenvalue weighted by Crippen LogP contribution is -2.30. The van der Waals surface area contributed by atoms with E-state index in [0.717, 1.165) is 28.5 Å². The van der Waals surface area contributed by atoms with Crippen LogP contribution >= 0.6 is 0 Å². The molecule has 3 aromatic carbocycles. The number of carbonyl (C=O) groups is 2. The van der Waals surface area contributed by atoms with Gasteiger partial charge in [-0.05, 0) is 43.4 Å². The zero-order valence-corrected chi connectivity index (χ0v) is 19.2. The van der Waals surface area contributed by atoms with Crippen molar-refractivity contribution in [2.45, 2.75) is 39.2 Å². The number of hydrogen-bond acceptors (Lipinski definition) is 3. The zero-order valence-electron chi connectivity index (χ0n) is 19.2. The molecule has 1 atom stereocenters. The smallest absolute Gasteiger partial charge is 0.186 e. The van der Waals surface area contributed by atoms with Crippen molar-refractivity contribution in [2.24, 2.45) is 0 Å². The summed E-state index contributed by atoms with van der Waals surface area (Å²) in [7, 11) is 0. The van der Waals surface area contributed by atoms with E-state index >= 15 is 0 Å². The van der Waals surface area contributed by atoms with Gasteiger partial charge in [0.05, 0.1) is 6.04 Å². The Morgan fingerprint density at radius 1 is 0.909 bits per heavy atom. The molecule has 4 aromatic rings. The Balaban J connectivity index is 1.58. The molecule has 0 spiro atoms. The van der Waals surface area contributed by atoms with Gasteiger partial charge in [0.25, 0.3) is 0 Å². The van der Waals surface area contributed by atoms with Crippen LogP contribution in [0.2, 0.25) is 0 Å². The molecule has 0 saturated carbocycles. The largest absolute Gasteiger partial charge is 0.360 e. The molecular weight excluding hydrogens is 408 g/mol. The van der Waals surface area contributed by atoms with Crippen LogP contribution in [-0.4, -0.2) is 23.1 Å². The van der Waals surface area contributed by atoms with Crippen molar-refractivity contribution >= 4 is 22.5 Å². The number of hydrogen-bond donors (Lipinski definition) is 2. The highest BCUT2D eigenvalue weighted by Crippen LogP contribution is 2.27. The second kappa shape index (κ2) is 10.4. The van der Waals surface area contributed by atoms with Crippen LogP contribution in [0.5, 0.6) is 0 Å². The summed E-state index contributed by atoms with van der Waals surface area (Å²) in [5, 5.41) is 4.40. The van der Waals surface area contributed by atoms with Gasteiger partial charge in [0.1, 0.15) is 5.78 Å². The van der Waals surface area contributed by atoms with Gasteiger partial charge in [-0.3, -0.25) is 4.79 Å². The highest BCUT2D eigenvalue weighted by molar-refractivity contribution is 6.11. The number of aryl methyl sites for hydroxylation is 2. The third-order valence-electron chi connectivity index (χ3n) is 6.09. The third kappa shape index (κ3) is 5.47. The number of aromatic nitrogens is 1. The first kappa shape index (κ1) is 22.7. The van der Waals surface area contributed by atoms with Crippen molar-refractivity contribution in [3.05, 3.63) is 107 Å². The second-order valence-corrected chi connectivity index (χ2v) is 8.64. The van der Waals surface area contributed by atoms with Crippen LogP contribution < -0.4 is 5.32 Å². The van der Waals surface area contributed by atoms with Crippen molar-refractivity contribution in [3.8, 4) is 0 Å². The first-order valence-electron chi connectivity index (χ1n) is 11.5. The number of para-hydroxylation sites is 1. The molecule has 4 nitrogen and oxygen atoms in total. The maximum atomic E-state index is 13.7. The molecule has 33 heavy (non-hydrogen) atoms. The van der Waals surface area contributed by atoms with Crippen LogP contribution in [0.15, 0.2) is 79.0 Å². The minimum atomic E-state index is -0.434. The molecule has 1 aromatic heterocycles. The fourth-order valence-corrected chi connectivity index (χ4v) is 4.22. The van der Waals surface area contributed by atoms with E-state index in [1.165, 1.54) is 11.1 Å². The molecule has 0 aliphatic heterocycles. The average molecular weight is 439 g/mol. The van der Waals surface area contributed by atoms with E-state index in [9.17, 15) is 9.59 Å². The maximum Gasteiger partial charge on any atom is 0.186 e. The third-order valence-corrected chi connectivity index (χ3v) is 6.09. The number of H-pyrrole nitrogens is 1. The Hall–Kier alpha value is -3.50.